The molecule has 3 rings (SSSR count). The molecule has 1 saturated heterocycles. The summed E-state index contributed by atoms with van der Waals surface area (Å²) in [6.45, 7) is 0.757. The molecule has 2 N–H and O–H groups in total. The van der Waals surface area contributed by atoms with Crippen LogP contribution in [0, 0.1) is 0 Å². The quantitative estimate of drug-likeness (QED) is 0.885. The van der Waals surface area contributed by atoms with Gasteiger partial charge in [-0.3, -0.25) is 4.79 Å². The second-order valence-corrected chi connectivity index (χ2v) is 6.81. The van der Waals surface area contributed by atoms with E-state index in [-0.39, 0.29) is 12.5 Å². The van der Waals surface area contributed by atoms with Crippen molar-refractivity contribution in [3.63, 3.8) is 0 Å². The standard InChI is InChI=1S/C21H25NO4/c1-26-19-9-3-2-8-18(19)16-6-4-7-17(14-16)20(24)22-12-5-10-21(25,15-23)11-13-22/h2-4,6-9,14,23,25H,5,10-13,15H2,1H3. The first-order valence-corrected chi connectivity index (χ1v) is 8.92. The van der Waals surface area contributed by atoms with E-state index in [1.165, 1.54) is 0 Å². The van der Waals surface area contributed by atoms with Crippen LogP contribution in [0.1, 0.15) is 29.6 Å². The van der Waals surface area contributed by atoms with E-state index in [1.807, 2.05) is 48.5 Å². The first-order chi connectivity index (χ1) is 12.6. The molecule has 0 spiro atoms. The van der Waals surface area contributed by atoms with Gasteiger partial charge in [0.15, 0.2) is 0 Å². The van der Waals surface area contributed by atoms with Crippen LogP contribution >= 0.6 is 0 Å². The van der Waals surface area contributed by atoms with Crippen molar-refractivity contribution in [3.05, 3.63) is 54.1 Å². The van der Waals surface area contributed by atoms with Crippen LogP contribution in [0.3, 0.4) is 0 Å². The number of carbonyl (C=O) groups is 1. The molecule has 0 aliphatic carbocycles. The van der Waals surface area contributed by atoms with Gasteiger partial charge in [0.25, 0.3) is 5.91 Å². The molecule has 0 bridgehead atoms. The number of hydrogen-bond acceptors (Lipinski definition) is 4. The summed E-state index contributed by atoms with van der Waals surface area (Å²) in [6, 6.07) is 15.2. The summed E-state index contributed by atoms with van der Waals surface area (Å²) >= 11 is 0. The number of benzene rings is 2. The van der Waals surface area contributed by atoms with Crippen molar-refractivity contribution in [2.24, 2.45) is 0 Å². The molecule has 26 heavy (non-hydrogen) atoms. The van der Waals surface area contributed by atoms with Gasteiger partial charge in [-0.2, -0.15) is 0 Å². The summed E-state index contributed by atoms with van der Waals surface area (Å²) < 4.78 is 5.42. The van der Waals surface area contributed by atoms with E-state index in [0.717, 1.165) is 16.9 Å². The average Bonchev–Trinajstić information content (AvgIpc) is 2.90. The SMILES string of the molecule is COc1ccccc1-c1cccc(C(=O)N2CCCC(O)(CO)CC2)c1. The van der Waals surface area contributed by atoms with Crippen molar-refractivity contribution in [1.82, 2.24) is 4.90 Å². The Hall–Kier alpha value is -2.37. The first kappa shape index (κ1) is 18.4. The van der Waals surface area contributed by atoms with Crippen molar-refractivity contribution >= 4 is 5.91 Å². The lowest BCUT2D eigenvalue weighted by molar-refractivity contribution is -0.0250. The molecule has 5 heteroatoms. The average molecular weight is 355 g/mol. The van der Waals surface area contributed by atoms with Crippen LogP contribution in [-0.2, 0) is 0 Å². The van der Waals surface area contributed by atoms with Gasteiger partial charge in [0.05, 0.1) is 19.3 Å². The van der Waals surface area contributed by atoms with Gasteiger partial charge >= 0.3 is 0 Å². The zero-order chi connectivity index (χ0) is 18.6. The fraction of sp³-hybridized carbons (Fsp3) is 0.381. The van der Waals surface area contributed by atoms with E-state index in [0.29, 0.717) is 37.9 Å². The maximum atomic E-state index is 12.9. The third kappa shape index (κ3) is 3.89. The van der Waals surface area contributed by atoms with E-state index in [1.54, 1.807) is 12.0 Å². The molecule has 138 valence electrons. The molecule has 1 aliphatic rings. The number of aliphatic hydroxyl groups is 2. The lowest BCUT2D eigenvalue weighted by Crippen LogP contribution is -2.36. The zero-order valence-electron chi connectivity index (χ0n) is 15.0. The van der Waals surface area contributed by atoms with Crippen LogP contribution in [-0.4, -0.2) is 53.4 Å². The van der Waals surface area contributed by atoms with E-state index in [2.05, 4.69) is 0 Å². The monoisotopic (exact) mass is 355 g/mol. The first-order valence-electron chi connectivity index (χ1n) is 8.92. The van der Waals surface area contributed by atoms with Crippen LogP contribution in [0.25, 0.3) is 11.1 Å². The van der Waals surface area contributed by atoms with E-state index < -0.39 is 5.60 Å². The van der Waals surface area contributed by atoms with Gasteiger partial charge in [0.2, 0.25) is 0 Å². The number of ether oxygens (including phenoxy) is 1. The van der Waals surface area contributed by atoms with Crippen LogP contribution < -0.4 is 4.74 Å². The number of methoxy groups -OCH3 is 1. The van der Waals surface area contributed by atoms with E-state index in [4.69, 9.17) is 4.74 Å². The number of nitrogens with zero attached hydrogens (tertiary/aromatic N) is 1. The predicted octanol–water partition coefficient (Wildman–Crippen LogP) is 2.71. The van der Waals surface area contributed by atoms with Crippen molar-refractivity contribution in [2.45, 2.75) is 24.9 Å². The third-order valence-electron chi connectivity index (χ3n) is 5.03. The van der Waals surface area contributed by atoms with Gasteiger partial charge in [0.1, 0.15) is 5.75 Å². The summed E-state index contributed by atoms with van der Waals surface area (Å²) in [5.41, 5.74) is 1.40. The normalized spacial score (nSPS) is 20.5. The minimum absolute atomic E-state index is 0.0519. The molecule has 5 nitrogen and oxygen atoms in total. The Kier molecular flexibility index (Phi) is 5.59. The molecule has 1 amide bonds. The second kappa shape index (κ2) is 7.89. The molecule has 2 aromatic rings. The van der Waals surface area contributed by atoms with E-state index in [9.17, 15) is 15.0 Å². The molecule has 1 aliphatic heterocycles. The predicted molar refractivity (Wildman–Crippen MR) is 100 cm³/mol. The zero-order valence-corrected chi connectivity index (χ0v) is 15.0. The highest BCUT2D eigenvalue weighted by molar-refractivity contribution is 5.95. The Labute approximate surface area is 153 Å². The largest absolute Gasteiger partial charge is 0.496 e. The van der Waals surface area contributed by atoms with Crippen LogP contribution in [0.2, 0.25) is 0 Å². The molecule has 0 radical (unpaired) electrons. The maximum Gasteiger partial charge on any atom is 0.253 e. The van der Waals surface area contributed by atoms with E-state index >= 15 is 0 Å². The topological polar surface area (TPSA) is 70.0 Å². The Morgan fingerprint density at radius 3 is 2.73 bits per heavy atom. The van der Waals surface area contributed by atoms with Crippen molar-refractivity contribution in [3.8, 4) is 16.9 Å². The highest BCUT2D eigenvalue weighted by Crippen LogP contribution is 2.30. The Morgan fingerprint density at radius 2 is 1.96 bits per heavy atom. The molecule has 2 aromatic carbocycles. The summed E-state index contributed by atoms with van der Waals surface area (Å²) in [4.78, 5) is 14.7. The number of hydrogen-bond donors (Lipinski definition) is 2. The molecule has 1 unspecified atom stereocenters. The number of para-hydroxylation sites is 1. The molecule has 1 atom stereocenters. The number of amides is 1. The molecule has 1 fully saturated rings. The summed E-state index contributed by atoms with van der Waals surface area (Å²) in [5, 5.41) is 19.6. The summed E-state index contributed by atoms with van der Waals surface area (Å²) in [7, 11) is 1.63. The van der Waals surface area contributed by atoms with Gasteiger partial charge in [-0.05, 0) is 43.0 Å². The van der Waals surface area contributed by atoms with Crippen LogP contribution in [0.4, 0.5) is 0 Å². The minimum atomic E-state index is -1.08. The third-order valence-corrected chi connectivity index (χ3v) is 5.03. The second-order valence-electron chi connectivity index (χ2n) is 6.81. The molecular formula is C21H25NO4. The Morgan fingerprint density at radius 1 is 1.15 bits per heavy atom. The fourth-order valence-electron chi connectivity index (χ4n) is 3.43. The Bertz CT molecular complexity index is 776. The van der Waals surface area contributed by atoms with Crippen molar-refractivity contribution in [1.29, 1.82) is 0 Å². The number of rotatable bonds is 4. The Balaban J connectivity index is 1.83. The van der Waals surface area contributed by atoms with Crippen molar-refractivity contribution in [2.75, 3.05) is 26.8 Å². The van der Waals surface area contributed by atoms with Gasteiger partial charge < -0.3 is 19.8 Å². The lowest BCUT2D eigenvalue weighted by Gasteiger charge is -2.24. The molecular weight excluding hydrogens is 330 g/mol. The van der Waals surface area contributed by atoms with Gasteiger partial charge in [-0.15, -0.1) is 0 Å². The van der Waals surface area contributed by atoms with Gasteiger partial charge in [-0.1, -0.05) is 30.3 Å². The highest BCUT2D eigenvalue weighted by Gasteiger charge is 2.31. The van der Waals surface area contributed by atoms with Crippen molar-refractivity contribution < 1.29 is 19.7 Å². The lowest BCUT2D eigenvalue weighted by atomic mass is 9.96. The maximum absolute atomic E-state index is 12.9. The highest BCUT2D eigenvalue weighted by atomic mass is 16.5. The number of likely N-dealkylation sites (tertiary alicyclic amines) is 1. The fourth-order valence-corrected chi connectivity index (χ4v) is 3.43. The van der Waals surface area contributed by atoms with Crippen LogP contribution in [0.5, 0.6) is 5.75 Å². The van der Waals surface area contributed by atoms with Gasteiger partial charge in [-0.25, -0.2) is 0 Å². The molecule has 0 aromatic heterocycles. The summed E-state index contributed by atoms with van der Waals surface area (Å²) in [5.74, 6) is 0.712. The minimum Gasteiger partial charge on any atom is -0.496 e. The molecule has 0 saturated carbocycles. The smallest absolute Gasteiger partial charge is 0.253 e. The van der Waals surface area contributed by atoms with Crippen LogP contribution in [0.15, 0.2) is 48.5 Å². The summed E-state index contributed by atoms with van der Waals surface area (Å²) in [6.07, 6.45) is 1.57. The molecule has 1 heterocycles. The van der Waals surface area contributed by atoms with Gasteiger partial charge in [0, 0.05) is 24.2 Å². The number of aliphatic hydroxyl groups excluding tert-OH is 1. The number of carbonyl (C=O) groups excluding carboxylic acids is 1.